The zero-order valence-electron chi connectivity index (χ0n) is 12.3. The van der Waals surface area contributed by atoms with Crippen LogP contribution in [0.3, 0.4) is 0 Å². The number of anilines is 1. The third-order valence-corrected chi connectivity index (χ3v) is 3.53. The molecule has 0 aliphatic rings. The Morgan fingerprint density at radius 2 is 2.05 bits per heavy atom. The van der Waals surface area contributed by atoms with E-state index in [0.29, 0.717) is 22.3 Å². The van der Waals surface area contributed by atoms with Crippen LogP contribution in [0.5, 0.6) is 0 Å². The Bertz CT molecular complexity index is 839. The summed E-state index contributed by atoms with van der Waals surface area (Å²) in [6.07, 6.45) is -0.654. The topological polar surface area (TPSA) is 80.0 Å². The van der Waals surface area contributed by atoms with Crippen molar-refractivity contribution in [3.8, 4) is 0 Å². The van der Waals surface area contributed by atoms with Crippen molar-refractivity contribution in [2.75, 3.05) is 5.32 Å². The van der Waals surface area contributed by atoms with E-state index in [9.17, 15) is 9.90 Å². The molecule has 0 bridgehead atoms. The highest BCUT2D eigenvalue weighted by molar-refractivity contribution is 6.06. The van der Waals surface area contributed by atoms with Gasteiger partial charge in [0.05, 0.1) is 11.6 Å². The van der Waals surface area contributed by atoms with E-state index in [4.69, 9.17) is 0 Å². The van der Waals surface area contributed by atoms with Crippen LogP contribution in [0.4, 0.5) is 5.69 Å². The number of para-hydroxylation sites is 1. The molecule has 3 rings (SSSR count). The van der Waals surface area contributed by atoms with Gasteiger partial charge in [0.1, 0.15) is 5.52 Å². The van der Waals surface area contributed by atoms with E-state index >= 15 is 0 Å². The van der Waals surface area contributed by atoms with Crippen molar-refractivity contribution in [1.82, 2.24) is 15.0 Å². The molecule has 0 saturated heterocycles. The summed E-state index contributed by atoms with van der Waals surface area (Å²) in [6, 6.07) is 12.4. The number of fused-ring (bicyclic) bond motifs is 1. The van der Waals surface area contributed by atoms with Crippen LogP contribution in [0.15, 0.2) is 42.5 Å². The van der Waals surface area contributed by atoms with Crippen LogP contribution in [0.1, 0.15) is 28.9 Å². The van der Waals surface area contributed by atoms with E-state index in [2.05, 4.69) is 15.6 Å². The molecule has 0 radical (unpaired) electrons. The maximum Gasteiger partial charge on any atom is 0.255 e. The van der Waals surface area contributed by atoms with Gasteiger partial charge in [-0.1, -0.05) is 23.4 Å². The van der Waals surface area contributed by atoms with Gasteiger partial charge in [-0.25, -0.2) is 4.68 Å². The molecule has 2 aromatic carbocycles. The van der Waals surface area contributed by atoms with E-state index in [1.807, 2.05) is 18.2 Å². The van der Waals surface area contributed by atoms with Crippen LogP contribution in [-0.4, -0.2) is 26.0 Å². The van der Waals surface area contributed by atoms with Gasteiger partial charge in [-0.2, -0.15) is 0 Å². The highest BCUT2D eigenvalue weighted by atomic mass is 16.3. The molecule has 112 valence electrons. The number of amides is 1. The quantitative estimate of drug-likeness (QED) is 0.777. The first-order valence-electron chi connectivity index (χ1n) is 6.94. The van der Waals surface area contributed by atoms with Gasteiger partial charge in [0.15, 0.2) is 0 Å². The molecule has 0 unspecified atom stereocenters. The monoisotopic (exact) mass is 296 g/mol. The highest BCUT2D eigenvalue weighted by Gasteiger charge is 2.13. The lowest BCUT2D eigenvalue weighted by molar-refractivity contribution is 0.102. The second-order valence-corrected chi connectivity index (χ2v) is 5.13. The summed E-state index contributed by atoms with van der Waals surface area (Å²) in [6.45, 7) is 1.66. The van der Waals surface area contributed by atoms with Crippen molar-refractivity contribution in [3.63, 3.8) is 0 Å². The normalized spacial score (nSPS) is 12.3. The third-order valence-electron chi connectivity index (χ3n) is 3.53. The molecular weight excluding hydrogens is 280 g/mol. The fraction of sp³-hybridized carbons (Fsp3) is 0.188. The molecule has 3 aromatic rings. The first-order valence-corrected chi connectivity index (χ1v) is 6.94. The molecule has 0 aliphatic carbocycles. The van der Waals surface area contributed by atoms with Crippen LogP contribution in [0, 0.1) is 0 Å². The van der Waals surface area contributed by atoms with Crippen LogP contribution in [0.2, 0.25) is 0 Å². The summed E-state index contributed by atoms with van der Waals surface area (Å²) in [7, 11) is 1.80. The Morgan fingerprint density at radius 1 is 1.27 bits per heavy atom. The van der Waals surface area contributed by atoms with Gasteiger partial charge in [0, 0.05) is 23.9 Å². The van der Waals surface area contributed by atoms with Gasteiger partial charge in [-0.05, 0) is 31.2 Å². The maximum atomic E-state index is 12.4. The lowest BCUT2D eigenvalue weighted by Gasteiger charge is -2.13. The highest BCUT2D eigenvalue weighted by Crippen LogP contribution is 2.23. The second kappa shape index (κ2) is 5.57. The minimum Gasteiger partial charge on any atom is -0.389 e. The van der Waals surface area contributed by atoms with Gasteiger partial charge in [0.25, 0.3) is 5.91 Å². The zero-order chi connectivity index (χ0) is 15.7. The molecule has 22 heavy (non-hydrogen) atoms. The Kier molecular flexibility index (Phi) is 3.60. The summed E-state index contributed by atoms with van der Waals surface area (Å²) in [5.74, 6) is -0.249. The second-order valence-electron chi connectivity index (χ2n) is 5.13. The van der Waals surface area contributed by atoms with Crippen molar-refractivity contribution < 1.29 is 9.90 Å². The summed E-state index contributed by atoms with van der Waals surface area (Å²) in [5.41, 5.74) is 3.30. The summed E-state index contributed by atoms with van der Waals surface area (Å²) < 4.78 is 1.65. The molecule has 0 spiro atoms. The average Bonchev–Trinajstić information content (AvgIpc) is 2.88. The lowest BCUT2D eigenvalue weighted by Crippen LogP contribution is -2.14. The Balaban J connectivity index is 1.90. The van der Waals surface area contributed by atoms with Crippen LogP contribution in [0.25, 0.3) is 11.0 Å². The zero-order valence-corrected chi connectivity index (χ0v) is 12.3. The molecule has 0 saturated carbocycles. The number of aromatic nitrogens is 3. The van der Waals surface area contributed by atoms with Crippen molar-refractivity contribution in [2.24, 2.45) is 7.05 Å². The maximum absolute atomic E-state index is 12.4. The fourth-order valence-corrected chi connectivity index (χ4v) is 2.35. The molecule has 1 aromatic heterocycles. The van der Waals surface area contributed by atoms with Gasteiger partial charge in [0.2, 0.25) is 0 Å². The average molecular weight is 296 g/mol. The first kappa shape index (κ1) is 14.2. The third kappa shape index (κ3) is 2.56. The number of nitrogens with one attached hydrogen (secondary N) is 1. The molecule has 1 heterocycles. The van der Waals surface area contributed by atoms with Gasteiger partial charge in [-0.3, -0.25) is 4.79 Å². The molecule has 2 N–H and O–H groups in total. The summed E-state index contributed by atoms with van der Waals surface area (Å²) in [5, 5.41) is 20.5. The number of hydrogen-bond acceptors (Lipinski definition) is 4. The Hall–Kier alpha value is -2.73. The number of aryl methyl sites for hydroxylation is 1. The molecule has 1 amide bonds. The van der Waals surface area contributed by atoms with Crippen LogP contribution < -0.4 is 5.32 Å². The number of aliphatic hydroxyl groups is 1. The molecular formula is C16H16N4O2. The van der Waals surface area contributed by atoms with E-state index in [1.54, 1.807) is 42.9 Å². The smallest absolute Gasteiger partial charge is 0.255 e. The Morgan fingerprint density at radius 3 is 2.82 bits per heavy atom. The summed E-state index contributed by atoms with van der Waals surface area (Å²) >= 11 is 0. The van der Waals surface area contributed by atoms with E-state index in [-0.39, 0.29) is 5.91 Å². The molecule has 0 fully saturated rings. The number of aliphatic hydroxyl groups excluding tert-OH is 1. The largest absolute Gasteiger partial charge is 0.389 e. The molecule has 0 aliphatic heterocycles. The number of carbonyl (C=O) groups is 1. The number of nitrogens with zero attached hydrogens (tertiary/aromatic N) is 3. The van der Waals surface area contributed by atoms with Gasteiger partial charge in [-0.15, -0.1) is 5.10 Å². The van der Waals surface area contributed by atoms with E-state index in [0.717, 1.165) is 5.52 Å². The Labute approximate surface area is 127 Å². The van der Waals surface area contributed by atoms with Crippen molar-refractivity contribution >= 4 is 22.6 Å². The summed E-state index contributed by atoms with van der Waals surface area (Å²) in [4.78, 5) is 12.4. The van der Waals surface area contributed by atoms with Gasteiger partial charge >= 0.3 is 0 Å². The predicted molar refractivity (Wildman–Crippen MR) is 83.5 cm³/mol. The number of hydrogen-bond donors (Lipinski definition) is 2. The lowest BCUT2D eigenvalue weighted by atomic mass is 10.1. The van der Waals surface area contributed by atoms with Crippen molar-refractivity contribution in [1.29, 1.82) is 0 Å². The fourth-order valence-electron chi connectivity index (χ4n) is 2.35. The van der Waals surface area contributed by atoms with Crippen molar-refractivity contribution in [3.05, 3.63) is 53.6 Å². The SMILES string of the molecule is C[C@H](O)c1ccccc1NC(=O)c1ccc2c(c1)nnn2C. The number of rotatable bonds is 3. The minimum absolute atomic E-state index is 0.249. The molecule has 1 atom stereocenters. The van der Waals surface area contributed by atoms with Crippen LogP contribution in [-0.2, 0) is 7.05 Å². The molecule has 6 heteroatoms. The number of carbonyl (C=O) groups excluding carboxylic acids is 1. The standard InChI is InChI=1S/C16H16N4O2/c1-10(21)12-5-3-4-6-13(12)17-16(22)11-7-8-15-14(9-11)18-19-20(15)2/h3-10,21H,1-2H3,(H,17,22)/t10-/m0/s1. The van der Waals surface area contributed by atoms with Crippen LogP contribution >= 0.6 is 0 Å². The predicted octanol–water partition coefficient (Wildman–Crippen LogP) is 2.27. The van der Waals surface area contributed by atoms with E-state index in [1.165, 1.54) is 0 Å². The van der Waals surface area contributed by atoms with Gasteiger partial charge < -0.3 is 10.4 Å². The number of benzene rings is 2. The van der Waals surface area contributed by atoms with E-state index < -0.39 is 6.10 Å². The first-order chi connectivity index (χ1) is 10.6. The minimum atomic E-state index is -0.654. The molecule has 6 nitrogen and oxygen atoms in total. The van der Waals surface area contributed by atoms with Crippen molar-refractivity contribution in [2.45, 2.75) is 13.0 Å².